The van der Waals surface area contributed by atoms with Crippen molar-refractivity contribution in [2.45, 2.75) is 85.4 Å². The molecule has 0 radical (unpaired) electrons. The van der Waals surface area contributed by atoms with Gasteiger partial charge in [0.1, 0.15) is 12.1 Å². The van der Waals surface area contributed by atoms with E-state index in [2.05, 4.69) is 24.5 Å². The quantitative estimate of drug-likeness (QED) is 0.382. The van der Waals surface area contributed by atoms with Crippen LogP contribution in [0.1, 0.15) is 67.2 Å². The molecule has 4 amide bonds. The number of likely N-dealkylation sites (tertiary alicyclic amines) is 1. The minimum Gasteiger partial charge on any atom is -0.363 e. The molecule has 0 aromatic rings. The molecule has 2 aliphatic carbocycles. The molecule has 0 aromatic carbocycles. The molecule has 1 aliphatic heterocycles. The van der Waals surface area contributed by atoms with E-state index in [9.17, 15) is 24.0 Å². The Bertz CT molecular complexity index is 865. The standard InChI is InChI=1S/C25H40N4O5/c1-7-13(4)22(32)28-18(12(2)3)24(34)29-11-15-17(25(15,5)6)19(29)23(33)27-16(10-14-8-9-14)20(30)21(26)31/h12-19H,7-11H2,1-6H3,(H2,26,31)(H,27,33)(H,28,32)/t13?,15-,16?,17-,18?,19-/m0/s1. The first-order chi connectivity index (χ1) is 15.8. The van der Waals surface area contributed by atoms with Crippen molar-refractivity contribution in [1.29, 1.82) is 0 Å². The van der Waals surface area contributed by atoms with Gasteiger partial charge in [-0.3, -0.25) is 24.0 Å². The summed E-state index contributed by atoms with van der Waals surface area (Å²) in [6.45, 7) is 12.0. The smallest absolute Gasteiger partial charge is 0.287 e. The fourth-order valence-corrected chi connectivity index (χ4v) is 5.33. The van der Waals surface area contributed by atoms with E-state index in [1.54, 1.807) is 4.90 Å². The van der Waals surface area contributed by atoms with Crippen LogP contribution in [0.25, 0.3) is 0 Å². The van der Waals surface area contributed by atoms with Gasteiger partial charge in [-0.2, -0.15) is 0 Å². The van der Waals surface area contributed by atoms with Crippen LogP contribution in [0.15, 0.2) is 0 Å². The Labute approximate surface area is 201 Å². The van der Waals surface area contributed by atoms with Crippen molar-refractivity contribution in [2.24, 2.45) is 40.7 Å². The van der Waals surface area contributed by atoms with Crippen molar-refractivity contribution in [3.8, 4) is 0 Å². The first-order valence-corrected chi connectivity index (χ1v) is 12.6. The number of amides is 4. The number of fused-ring (bicyclic) bond motifs is 1. The third-order valence-electron chi connectivity index (χ3n) is 8.19. The molecule has 0 aromatic heterocycles. The zero-order valence-electron chi connectivity index (χ0n) is 21.2. The monoisotopic (exact) mass is 476 g/mol. The number of carbonyl (C=O) groups excluding carboxylic acids is 5. The summed E-state index contributed by atoms with van der Waals surface area (Å²) in [5.41, 5.74) is 5.12. The molecule has 3 fully saturated rings. The first kappa shape index (κ1) is 26.2. The first-order valence-electron chi connectivity index (χ1n) is 12.6. The fourth-order valence-electron chi connectivity index (χ4n) is 5.33. The van der Waals surface area contributed by atoms with Gasteiger partial charge in [-0.1, -0.05) is 54.4 Å². The number of ketones is 1. The number of hydrogen-bond acceptors (Lipinski definition) is 5. The molecule has 2 saturated carbocycles. The Hall–Kier alpha value is -2.45. The topological polar surface area (TPSA) is 139 Å². The molecule has 0 spiro atoms. The molecule has 0 bridgehead atoms. The lowest BCUT2D eigenvalue weighted by Crippen LogP contribution is -2.59. The van der Waals surface area contributed by atoms with Gasteiger partial charge < -0.3 is 21.3 Å². The molecule has 4 N–H and O–H groups in total. The van der Waals surface area contributed by atoms with Gasteiger partial charge in [0.2, 0.25) is 23.5 Å². The highest BCUT2D eigenvalue weighted by atomic mass is 16.2. The van der Waals surface area contributed by atoms with Gasteiger partial charge in [-0.25, -0.2) is 0 Å². The molecule has 1 heterocycles. The lowest BCUT2D eigenvalue weighted by Gasteiger charge is -2.35. The van der Waals surface area contributed by atoms with E-state index in [0.29, 0.717) is 25.3 Å². The highest BCUT2D eigenvalue weighted by molar-refractivity contribution is 6.37. The highest BCUT2D eigenvalue weighted by Gasteiger charge is 2.69. The fraction of sp³-hybridized carbons (Fsp3) is 0.800. The van der Waals surface area contributed by atoms with Crippen LogP contribution in [0.2, 0.25) is 0 Å². The van der Waals surface area contributed by atoms with Crippen molar-refractivity contribution >= 4 is 29.4 Å². The minimum absolute atomic E-state index is 0.0419. The number of carbonyl (C=O) groups is 5. The summed E-state index contributed by atoms with van der Waals surface area (Å²) < 4.78 is 0. The van der Waals surface area contributed by atoms with Crippen molar-refractivity contribution in [3.63, 3.8) is 0 Å². The van der Waals surface area contributed by atoms with Gasteiger partial charge in [0.05, 0.1) is 6.04 Å². The number of nitrogens with zero attached hydrogens (tertiary/aromatic N) is 1. The van der Waals surface area contributed by atoms with Crippen molar-refractivity contribution < 1.29 is 24.0 Å². The van der Waals surface area contributed by atoms with Crippen LogP contribution in [-0.2, 0) is 24.0 Å². The predicted molar refractivity (Wildman–Crippen MR) is 126 cm³/mol. The Morgan fingerprint density at radius 3 is 2.18 bits per heavy atom. The van der Waals surface area contributed by atoms with E-state index in [4.69, 9.17) is 5.73 Å². The lowest BCUT2D eigenvalue weighted by molar-refractivity contribution is -0.145. The van der Waals surface area contributed by atoms with E-state index in [1.807, 2.05) is 27.7 Å². The summed E-state index contributed by atoms with van der Waals surface area (Å²) in [7, 11) is 0. The average Bonchev–Trinajstić information content (AvgIpc) is 3.62. The number of Topliss-reactive ketones (excluding diaryl/α,β-unsaturated/α-hetero) is 1. The number of piperidine rings is 1. The largest absolute Gasteiger partial charge is 0.363 e. The van der Waals surface area contributed by atoms with E-state index >= 15 is 0 Å². The summed E-state index contributed by atoms with van der Waals surface area (Å²) >= 11 is 0. The van der Waals surface area contributed by atoms with Crippen LogP contribution >= 0.6 is 0 Å². The second kappa shape index (κ2) is 9.66. The Kier molecular flexibility index (Phi) is 7.43. The van der Waals surface area contributed by atoms with Crippen LogP contribution in [0.3, 0.4) is 0 Å². The van der Waals surface area contributed by atoms with E-state index in [1.165, 1.54) is 0 Å². The molecule has 6 atom stereocenters. The van der Waals surface area contributed by atoms with Crippen molar-refractivity contribution in [1.82, 2.24) is 15.5 Å². The number of rotatable bonds is 11. The second-order valence-corrected chi connectivity index (χ2v) is 11.4. The number of hydrogen-bond donors (Lipinski definition) is 3. The third-order valence-corrected chi connectivity index (χ3v) is 8.19. The molecule has 3 rings (SSSR count). The summed E-state index contributed by atoms with van der Waals surface area (Å²) in [5, 5.41) is 5.64. The van der Waals surface area contributed by atoms with Gasteiger partial charge in [0.15, 0.2) is 0 Å². The molecular weight excluding hydrogens is 436 g/mol. The zero-order valence-corrected chi connectivity index (χ0v) is 21.2. The van der Waals surface area contributed by atoms with Crippen LogP contribution < -0.4 is 16.4 Å². The minimum atomic E-state index is -1.07. The summed E-state index contributed by atoms with van der Waals surface area (Å²) in [6, 6.07) is -2.47. The maximum atomic E-state index is 13.6. The molecule has 9 heteroatoms. The van der Waals surface area contributed by atoms with Gasteiger partial charge in [0.25, 0.3) is 5.91 Å². The van der Waals surface area contributed by atoms with Gasteiger partial charge in [-0.05, 0) is 41.9 Å². The predicted octanol–water partition coefficient (Wildman–Crippen LogP) is 0.996. The van der Waals surface area contributed by atoms with Crippen LogP contribution in [0, 0.1) is 35.0 Å². The van der Waals surface area contributed by atoms with Crippen molar-refractivity contribution in [2.75, 3.05) is 6.54 Å². The normalized spacial score (nSPS) is 27.4. The molecule has 1 saturated heterocycles. The molecule has 3 aliphatic rings. The lowest BCUT2D eigenvalue weighted by atomic mass is 9.96. The van der Waals surface area contributed by atoms with Crippen molar-refractivity contribution in [3.05, 3.63) is 0 Å². The molecule has 190 valence electrons. The van der Waals surface area contributed by atoms with E-state index in [-0.39, 0.29) is 40.9 Å². The SMILES string of the molecule is CCC(C)C(=O)NC(C(=O)N1C[C@H]2[C@@H]([C@H]1C(=O)NC(CC1CC1)C(=O)C(N)=O)C2(C)C)C(C)C. The van der Waals surface area contributed by atoms with Crippen LogP contribution in [0.4, 0.5) is 0 Å². The van der Waals surface area contributed by atoms with Gasteiger partial charge in [-0.15, -0.1) is 0 Å². The van der Waals surface area contributed by atoms with Gasteiger partial charge in [0, 0.05) is 12.5 Å². The van der Waals surface area contributed by atoms with Gasteiger partial charge >= 0.3 is 0 Å². The Balaban J connectivity index is 1.80. The Morgan fingerprint density at radius 2 is 1.68 bits per heavy atom. The highest BCUT2D eigenvalue weighted by Crippen LogP contribution is 2.65. The second-order valence-electron chi connectivity index (χ2n) is 11.4. The molecule has 9 nitrogen and oxygen atoms in total. The molecule has 34 heavy (non-hydrogen) atoms. The Morgan fingerprint density at radius 1 is 1.06 bits per heavy atom. The average molecular weight is 477 g/mol. The number of nitrogens with two attached hydrogens (primary N) is 1. The number of nitrogens with one attached hydrogen (secondary N) is 2. The molecule has 3 unspecified atom stereocenters. The summed E-state index contributed by atoms with van der Waals surface area (Å²) in [5.74, 6) is -2.73. The number of primary amides is 1. The van der Waals surface area contributed by atoms with E-state index in [0.717, 1.165) is 12.8 Å². The van der Waals surface area contributed by atoms with Crippen LogP contribution in [-0.4, -0.2) is 59.0 Å². The maximum Gasteiger partial charge on any atom is 0.287 e. The summed E-state index contributed by atoms with van der Waals surface area (Å²) in [6.07, 6.45) is 2.95. The molecular formula is C25H40N4O5. The van der Waals surface area contributed by atoms with E-state index < -0.39 is 35.7 Å². The zero-order chi connectivity index (χ0) is 25.5. The maximum absolute atomic E-state index is 13.6. The van der Waals surface area contributed by atoms with Crippen LogP contribution in [0.5, 0.6) is 0 Å². The summed E-state index contributed by atoms with van der Waals surface area (Å²) in [4.78, 5) is 65.2. The third kappa shape index (κ3) is 5.13.